The van der Waals surface area contributed by atoms with Gasteiger partial charge in [0.05, 0.1) is 6.21 Å². The lowest BCUT2D eigenvalue weighted by atomic mass is 9.94. The van der Waals surface area contributed by atoms with Crippen molar-refractivity contribution in [2.45, 2.75) is 32.6 Å². The van der Waals surface area contributed by atoms with Gasteiger partial charge in [-0.15, -0.1) is 0 Å². The van der Waals surface area contributed by atoms with Gasteiger partial charge in [-0.05, 0) is 38.2 Å². The van der Waals surface area contributed by atoms with Gasteiger partial charge in [-0.2, -0.15) is 10.2 Å². The largest absolute Gasteiger partial charge is 0.167 e. The third-order valence-electron chi connectivity index (χ3n) is 2.09. The molecule has 1 aliphatic rings. The summed E-state index contributed by atoms with van der Waals surface area (Å²) in [5.41, 5.74) is 2.81. The van der Waals surface area contributed by atoms with E-state index in [9.17, 15) is 0 Å². The van der Waals surface area contributed by atoms with E-state index in [-0.39, 0.29) is 0 Å². The zero-order valence-electron chi connectivity index (χ0n) is 7.01. The van der Waals surface area contributed by atoms with Gasteiger partial charge in [0.2, 0.25) is 0 Å². The summed E-state index contributed by atoms with van der Waals surface area (Å²) in [6, 6.07) is 0. The Bertz CT molecular complexity index is 202. The molecule has 0 radical (unpaired) electrons. The fourth-order valence-corrected chi connectivity index (χ4v) is 1.36. The van der Waals surface area contributed by atoms with Crippen LogP contribution in [0.15, 0.2) is 21.3 Å². The highest BCUT2D eigenvalue weighted by atomic mass is 15.2. The van der Waals surface area contributed by atoms with E-state index < -0.39 is 0 Å². The third kappa shape index (κ3) is 2.30. The van der Waals surface area contributed by atoms with Crippen molar-refractivity contribution in [3.8, 4) is 0 Å². The minimum atomic E-state index is 1.16. The Labute approximate surface area is 67.7 Å². The molecule has 0 aromatic rings. The molecule has 0 spiro atoms. The molecule has 1 rings (SSSR count). The summed E-state index contributed by atoms with van der Waals surface area (Å²) >= 11 is 0. The quantitative estimate of drug-likeness (QED) is 0.427. The Hall–Kier alpha value is -0.920. The summed E-state index contributed by atoms with van der Waals surface area (Å²) in [7, 11) is 0. The highest BCUT2D eigenvalue weighted by Gasteiger charge is 2.06. The van der Waals surface area contributed by atoms with E-state index >= 15 is 0 Å². The molecule has 0 aromatic carbocycles. The van der Waals surface area contributed by atoms with Crippen LogP contribution in [0.2, 0.25) is 0 Å². The van der Waals surface area contributed by atoms with E-state index in [2.05, 4.69) is 23.8 Å². The van der Waals surface area contributed by atoms with E-state index in [0.717, 1.165) is 6.42 Å². The van der Waals surface area contributed by atoms with Crippen molar-refractivity contribution in [1.29, 1.82) is 0 Å². The molecule has 0 saturated carbocycles. The summed E-state index contributed by atoms with van der Waals surface area (Å²) in [5, 5.41) is 7.23. The van der Waals surface area contributed by atoms with Crippen molar-refractivity contribution < 1.29 is 0 Å². The molecule has 0 amide bonds. The second-order valence-corrected chi connectivity index (χ2v) is 2.90. The van der Waals surface area contributed by atoms with Gasteiger partial charge >= 0.3 is 0 Å². The Morgan fingerprint density at radius 2 is 2.09 bits per heavy atom. The first-order valence-corrected chi connectivity index (χ1v) is 4.02. The molecular formula is C9H14N2. The normalized spacial score (nSPS) is 19.4. The standard InChI is InChI=1S/C9H14N2/c1-8-5-3-4-6-9(8)7-11-10-2/h7H,2-6H2,1H3. The Kier molecular flexibility index (Phi) is 3.02. The molecule has 0 bridgehead atoms. The second kappa shape index (κ2) is 4.06. The fourth-order valence-electron chi connectivity index (χ4n) is 1.36. The molecule has 0 aliphatic heterocycles. The van der Waals surface area contributed by atoms with E-state index in [0.29, 0.717) is 0 Å². The van der Waals surface area contributed by atoms with Crippen LogP contribution >= 0.6 is 0 Å². The fraction of sp³-hybridized carbons (Fsp3) is 0.556. The van der Waals surface area contributed by atoms with Gasteiger partial charge in [0, 0.05) is 6.72 Å². The monoisotopic (exact) mass is 150 g/mol. The molecule has 0 N–H and O–H groups in total. The minimum absolute atomic E-state index is 1.16. The van der Waals surface area contributed by atoms with Gasteiger partial charge < -0.3 is 0 Å². The predicted octanol–water partition coefficient (Wildman–Crippen LogP) is 2.56. The van der Waals surface area contributed by atoms with E-state index in [4.69, 9.17) is 0 Å². The SMILES string of the molecule is C=NN=CC1=C(C)CCCC1. The lowest BCUT2D eigenvalue weighted by Crippen LogP contribution is -1.97. The lowest BCUT2D eigenvalue weighted by molar-refractivity contribution is 0.689. The average molecular weight is 150 g/mol. The molecule has 0 heterocycles. The van der Waals surface area contributed by atoms with Gasteiger partial charge in [-0.25, -0.2) is 0 Å². The van der Waals surface area contributed by atoms with Crippen LogP contribution in [0.1, 0.15) is 32.6 Å². The predicted molar refractivity (Wildman–Crippen MR) is 49.2 cm³/mol. The topological polar surface area (TPSA) is 24.7 Å². The van der Waals surface area contributed by atoms with E-state index in [1.165, 1.54) is 30.4 Å². The van der Waals surface area contributed by atoms with Crippen LogP contribution in [0.3, 0.4) is 0 Å². The highest BCUT2D eigenvalue weighted by Crippen LogP contribution is 2.22. The Balaban J connectivity index is 2.66. The first kappa shape index (κ1) is 8.18. The summed E-state index contributed by atoms with van der Waals surface area (Å²) in [6.07, 6.45) is 6.82. The summed E-state index contributed by atoms with van der Waals surface area (Å²) in [5.74, 6) is 0. The van der Waals surface area contributed by atoms with Crippen LogP contribution in [0.25, 0.3) is 0 Å². The molecule has 60 valence electrons. The highest BCUT2D eigenvalue weighted by molar-refractivity contribution is 5.79. The van der Waals surface area contributed by atoms with Crippen LogP contribution in [0.4, 0.5) is 0 Å². The van der Waals surface area contributed by atoms with Gasteiger partial charge in [0.15, 0.2) is 0 Å². The summed E-state index contributed by atoms with van der Waals surface area (Å²) in [6.45, 7) is 5.47. The maximum atomic E-state index is 3.78. The van der Waals surface area contributed by atoms with Crippen LogP contribution < -0.4 is 0 Å². The van der Waals surface area contributed by atoms with Crippen LogP contribution in [0, 0.1) is 0 Å². The van der Waals surface area contributed by atoms with Crippen molar-refractivity contribution in [2.75, 3.05) is 0 Å². The number of hydrogen-bond acceptors (Lipinski definition) is 2. The van der Waals surface area contributed by atoms with Crippen molar-refractivity contribution in [1.82, 2.24) is 0 Å². The molecule has 0 saturated heterocycles. The zero-order chi connectivity index (χ0) is 8.10. The second-order valence-electron chi connectivity index (χ2n) is 2.90. The van der Waals surface area contributed by atoms with E-state index in [1.807, 2.05) is 6.21 Å². The van der Waals surface area contributed by atoms with Crippen molar-refractivity contribution >= 4 is 12.9 Å². The van der Waals surface area contributed by atoms with Crippen LogP contribution in [0.5, 0.6) is 0 Å². The smallest absolute Gasteiger partial charge is 0.0526 e. The first-order chi connectivity index (χ1) is 5.34. The molecule has 2 nitrogen and oxygen atoms in total. The van der Waals surface area contributed by atoms with E-state index in [1.54, 1.807) is 0 Å². The third-order valence-corrected chi connectivity index (χ3v) is 2.09. The maximum Gasteiger partial charge on any atom is 0.0526 e. The Morgan fingerprint density at radius 1 is 1.36 bits per heavy atom. The number of rotatable bonds is 2. The van der Waals surface area contributed by atoms with Gasteiger partial charge in [0.25, 0.3) is 0 Å². The molecule has 0 aromatic heterocycles. The Morgan fingerprint density at radius 3 is 2.73 bits per heavy atom. The molecular weight excluding hydrogens is 136 g/mol. The van der Waals surface area contributed by atoms with Crippen molar-refractivity contribution in [3.63, 3.8) is 0 Å². The van der Waals surface area contributed by atoms with Crippen molar-refractivity contribution in [2.24, 2.45) is 10.2 Å². The number of nitrogens with zero attached hydrogens (tertiary/aromatic N) is 2. The summed E-state index contributed by atoms with van der Waals surface area (Å²) in [4.78, 5) is 0. The van der Waals surface area contributed by atoms with Gasteiger partial charge in [-0.3, -0.25) is 0 Å². The lowest BCUT2D eigenvalue weighted by Gasteiger charge is -2.13. The van der Waals surface area contributed by atoms with Crippen LogP contribution in [-0.2, 0) is 0 Å². The molecule has 0 fully saturated rings. The number of allylic oxidation sites excluding steroid dienone is 2. The molecule has 2 heteroatoms. The molecule has 11 heavy (non-hydrogen) atoms. The minimum Gasteiger partial charge on any atom is -0.167 e. The summed E-state index contributed by atoms with van der Waals surface area (Å²) < 4.78 is 0. The van der Waals surface area contributed by atoms with Crippen molar-refractivity contribution in [3.05, 3.63) is 11.1 Å². The van der Waals surface area contributed by atoms with Gasteiger partial charge in [-0.1, -0.05) is 5.57 Å². The zero-order valence-corrected chi connectivity index (χ0v) is 7.01. The van der Waals surface area contributed by atoms with Crippen LogP contribution in [-0.4, -0.2) is 12.9 Å². The molecule has 0 unspecified atom stereocenters. The molecule has 1 aliphatic carbocycles. The average Bonchev–Trinajstić information content (AvgIpc) is 2.03. The number of hydrogen-bond donors (Lipinski definition) is 0. The van der Waals surface area contributed by atoms with Gasteiger partial charge in [0.1, 0.15) is 0 Å². The maximum absolute atomic E-state index is 3.78. The first-order valence-electron chi connectivity index (χ1n) is 4.02. The molecule has 0 atom stereocenters.